The van der Waals surface area contributed by atoms with Gasteiger partial charge in [-0.25, -0.2) is 0 Å². The minimum Gasteiger partial charge on any atom is -0.330 e. The van der Waals surface area contributed by atoms with E-state index in [1.807, 2.05) is 6.07 Å². The zero-order valence-electron chi connectivity index (χ0n) is 10.3. The lowest BCUT2D eigenvalue weighted by Gasteiger charge is -2.23. The molecule has 92 valence electrons. The Balaban J connectivity index is 1.95. The van der Waals surface area contributed by atoms with Gasteiger partial charge in [-0.05, 0) is 16.7 Å². The van der Waals surface area contributed by atoms with Crippen LogP contribution in [0.4, 0.5) is 0 Å². The Morgan fingerprint density at radius 3 is 2.56 bits per heavy atom. The predicted octanol–water partition coefficient (Wildman–Crippen LogP) is 2.57. The predicted molar refractivity (Wildman–Crippen MR) is 74.3 cm³/mol. The van der Waals surface area contributed by atoms with Gasteiger partial charge in [-0.15, -0.1) is 0 Å². The summed E-state index contributed by atoms with van der Waals surface area (Å²) in [6, 6.07) is 19.5. The minimum absolute atomic E-state index is 0.341. The fraction of sp³-hybridized carbons (Fsp3) is 0.250. The van der Waals surface area contributed by atoms with Crippen LogP contribution in [0.15, 0.2) is 54.6 Å². The van der Waals surface area contributed by atoms with Crippen molar-refractivity contribution in [2.24, 2.45) is 5.73 Å². The second kappa shape index (κ2) is 4.92. The van der Waals surface area contributed by atoms with Gasteiger partial charge in [0, 0.05) is 25.0 Å². The number of hydrogen-bond donors (Lipinski definition) is 2. The smallest absolute Gasteiger partial charge is 0.0407 e. The first kappa shape index (κ1) is 11.5. The van der Waals surface area contributed by atoms with E-state index in [9.17, 15) is 0 Å². The Bertz CT molecular complexity index is 522. The molecule has 0 aliphatic carbocycles. The molecule has 2 nitrogen and oxygen atoms in total. The number of hydrogen-bond acceptors (Lipinski definition) is 2. The van der Waals surface area contributed by atoms with Crippen molar-refractivity contribution >= 4 is 0 Å². The first-order chi connectivity index (χ1) is 8.90. The van der Waals surface area contributed by atoms with Crippen molar-refractivity contribution in [2.45, 2.75) is 18.5 Å². The summed E-state index contributed by atoms with van der Waals surface area (Å²) in [4.78, 5) is 0. The third-order valence-corrected chi connectivity index (χ3v) is 3.79. The molecule has 2 aromatic carbocycles. The average molecular weight is 238 g/mol. The normalized spacial score (nSPS) is 19.5. The lowest BCUT2D eigenvalue weighted by Crippen LogP contribution is -2.26. The van der Waals surface area contributed by atoms with E-state index in [1.54, 1.807) is 0 Å². The largest absolute Gasteiger partial charge is 0.330 e. The van der Waals surface area contributed by atoms with E-state index in [0.29, 0.717) is 18.5 Å². The van der Waals surface area contributed by atoms with Gasteiger partial charge in [0.2, 0.25) is 0 Å². The van der Waals surface area contributed by atoms with Crippen molar-refractivity contribution in [1.82, 2.24) is 5.32 Å². The molecule has 0 aromatic heterocycles. The molecule has 3 rings (SSSR count). The molecule has 0 radical (unpaired) electrons. The van der Waals surface area contributed by atoms with Crippen LogP contribution in [0.5, 0.6) is 0 Å². The molecule has 2 aromatic rings. The maximum absolute atomic E-state index is 6.00. The summed E-state index contributed by atoms with van der Waals surface area (Å²) in [6.45, 7) is 1.61. The van der Waals surface area contributed by atoms with Gasteiger partial charge in [0.05, 0.1) is 0 Å². The molecule has 0 saturated carbocycles. The van der Waals surface area contributed by atoms with Crippen LogP contribution >= 0.6 is 0 Å². The van der Waals surface area contributed by atoms with Gasteiger partial charge in [-0.1, -0.05) is 54.6 Å². The zero-order valence-corrected chi connectivity index (χ0v) is 10.3. The van der Waals surface area contributed by atoms with Gasteiger partial charge in [0.15, 0.2) is 0 Å². The van der Waals surface area contributed by atoms with Crippen LogP contribution in [-0.4, -0.2) is 6.54 Å². The van der Waals surface area contributed by atoms with Crippen molar-refractivity contribution in [3.8, 4) is 0 Å². The van der Waals surface area contributed by atoms with Crippen LogP contribution in [-0.2, 0) is 6.54 Å². The summed E-state index contributed by atoms with van der Waals surface area (Å²) in [5, 5.41) is 3.59. The Hall–Kier alpha value is -1.64. The van der Waals surface area contributed by atoms with Gasteiger partial charge in [0.1, 0.15) is 0 Å². The van der Waals surface area contributed by atoms with E-state index in [2.05, 4.69) is 53.8 Å². The number of rotatable bonds is 3. The molecular formula is C16H18N2. The third-order valence-electron chi connectivity index (χ3n) is 3.79. The number of benzene rings is 2. The highest BCUT2D eigenvalue weighted by Crippen LogP contribution is 2.35. The highest BCUT2D eigenvalue weighted by atomic mass is 15.0. The molecule has 0 spiro atoms. The van der Waals surface area contributed by atoms with E-state index >= 15 is 0 Å². The van der Waals surface area contributed by atoms with Crippen molar-refractivity contribution < 1.29 is 0 Å². The van der Waals surface area contributed by atoms with Crippen LogP contribution in [0.25, 0.3) is 0 Å². The topological polar surface area (TPSA) is 38.0 Å². The van der Waals surface area contributed by atoms with Gasteiger partial charge in [0.25, 0.3) is 0 Å². The highest BCUT2D eigenvalue weighted by molar-refractivity contribution is 5.37. The quantitative estimate of drug-likeness (QED) is 0.862. The Kier molecular flexibility index (Phi) is 3.13. The van der Waals surface area contributed by atoms with Crippen LogP contribution in [0.3, 0.4) is 0 Å². The lowest BCUT2D eigenvalue weighted by atomic mass is 9.87. The van der Waals surface area contributed by atoms with Crippen LogP contribution in [0, 0.1) is 0 Å². The van der Waals surface area contributed by atoms with Gasteiger partial charge in [-0.3, -0.25) is 0 Å². The van der Waals surface area contributed by atoms with Crippen molar-refractivity contribution in [2.75, 3.05) is 6.54 Å². The van der Waals surface area contributed by atoms with Crippen LogP contribution < -0.4 is 11.1 Å². The van der Waals surface area contributed by atoms with E-state index in [1.165, 1.54) is 16.7 Å². The summed E-state index contributed by atoms with van der Waals surface area (Å²) in [7, 11) is 0. The molecule has 1 aliphatic rings. The van der Waals surface area contributed by atoms with Crippen molar-refractivity contribution in [3.05, 3.63) is 71.3 Å². The molecule has 2 atom stereocenters. The minimum atomic E-state index is 0.341. The molecule has 3 N–H and O–H groups in total. The standard InChI is InChI=1S/C16H18N2/c17-10-15(12-6-2-1-3-7-12)16-14-9-5-4-8-13(14)11-18-16/h1-9,15-16,18H,10-11,17H2. The van der Waals surface area contributed by atoms with Gasteiger partial charge >= 0.3 is 0 Å². The molecule has 18 heavy (non-hydrogen) atoms. The molecule has 2 unspecified atom stereocenters. The first-order valence-corrected chi connectivity index (χ1v) is 6.46. The number of fused-ring (bicyclic) bond motifs is 1. The maximum atomic E-state index is 6.00. The molecule has 1 aliphatic heterocycles. The second-order valence-electron chi connectivity index (χ2n) is 4.81. The molecule has 2 heteroatoms. The molecule has 0 amide bonds. The fourth-order valence-corrected chi connectivity index (χ4v) is 2.85. The summed E-state index contributed by atoms with van der Waals surface area (Å²) in [6.07, 6.45) is 0. The van der Waals surface area contributed by atoms with E-state index in [0.717, 1.165) is 6.54 Å². The third kappa shape index (κ3) is 1.94. The highest BCUT2D eigenvalue weighted by Gasteiger charge is 2.29. The SMILES string of the molecule is NCC(c1ccccc1)C1NCc2ccccc21. The lowest BCUT2D eigenvalue weighted by molar-refractivity contribution is 0.482. The molecular weight excluding hydrogens is 220 g/mol. The number of nitrogens with two attached hydrogens (primary N) is 1. The summed E-state index contributed by atoms with van der Waals surface area (Å²) in [5.41, 5.74) is 10.1. The fourth-order valence-electron chi connectivity index (χ4n) is 2.85. The maximum Gasteiger partial charge on any atom is 0.0407 e. The molecule has 0 bridgehead atoms. The van der Waals surface area contributed by atoms with Gasteiger partial charge in [-0.2, -0.15) is 0 Å². The molecule has 1 heterocycles. The zero-order chi connectivity index (χ0) is 12.4. The van der Waals surface area contributed by atoms with Crippen molar-refractivity contribution in [1.29, 1.82) is 0 Å². The monoisotopic (exact) mass is 238 g/mol. The Labute approximate surface area is 108 Å². The summed E-state index contributed by atoms with van der Waals surface area (Å²) >= 11 is 0. The van der Waals surface area contributed by atoms with Crippen LogP contribution in [0.2, 0.25) is 0 Å². The summed E-state index contributed by atoms with van der Waals surface area (Å²) in [5.74, 6) is 0.342. The second-order valence-corrected chi connectivity index (χ2v) is 4.81. The van der Waals surface area contributed by atoms with E-state index < -0.39 is 0 Å². The van der Waals surface area contributed by atoms with E-state index in [4.69, 9.17) is 5.73 Å². The Morgan fingerprint density at radius 2 is 1.78 bits per heavy atom. The van der Waals surface area contributed by atoms with E-state index in [-0.39, 0.29) is 0 Å². The average Bonchev–Trinajstić information content (AvgIpc) is 2.85. The van der Waals surface area contributed by atoms with Crippen LogP contribution in [0.1, 0.15) is 28.7 Å². The number of nitrogens with one attached hydrogen (secondary N) is 1. The van der Waals surface area contributed by atoms with Crippen molar-refractivity contribution in [3.63, 3.8) is 0 Å². The molecule has 0 saturated heterocycles. The van der Waals surface area contributed by atoms with Gasteiger partial charge < -0.3 is 11.1 Å². The Morgan fingerprint density at radius 1 is 1.06 bits per heavy atom. The molecule has 0 fully saturated rings. The first-order valence-electron chi connectivity index (χ1n) is 6.46. The summed E-state index contributed by atoms with van der Waals surface area (Å²) < 4.78 is 0.